The van der Waals surface area contributed by atoms with Gasteiger partial charge in [0.2, 0.25) is 5.91 Å². The molecule has 0 aliphatic carbocycles. The van der Waals surface area contributed by atoms with Crippen molar-refractivity contribution in [3.05, 3.63) is 54.4 Å². The third-order valence-corrected chi connectivity index (χ3v) is 5.97. The number of aromatic nitrogens is 1. The summed E-state index contributed by atoms with van der Waals surface area (Å²) in [7, 11) is -3.06. The van der Waals surface area contributed by atoms with Gasteiger partial charge in [-0.15, -0.1) is 0 Å². The molecule has 1 aliphatic rings. The van der Waals surface area contributed by atoms with Crippen molar-refractivity contribution in [1.82, 2.24) is 15.2 Å². The van der Waals surface area contributed by atoms with Crippen molar-refractivity contribution in [3.8, 4) is 11.5 Å². The van der Waals surface area contributed by atoms with Gasteiger partial charge in [0.15, 0.2) is 9.84 Å². The number of carbonyl (C=O) groups excluding carboxylic acids is 2. The summed E-state index contributed by atoms with van der Waals surface area (Å²) in [6, 6.07) is 9.30. The molecule has 148 valence electrons. The summed E-state index contributed by atoms with van der Waals surface area (Å²) in [5, 5.41) is 2.65. The van der Waals surface area contributed by atoms with Gasteiger partial charge in [-0.05, 0) is 43.3 Å². The van der Waals surface area contributed by atoms with E-state index < -0.39 is 21.8 Å². The zero-order chi connectivity index (χ0) is 20.1. The molecule has 9 heteroatoms. The summed E-state index contributed by atoms with van der Waals surface area (Å²) >= 11 is 0. The molecule has 2 amide bonds. The highest BCUT2D eigenvalue weighted by Gasteiger charge is 2.28. The Kier molecular flexibility index (Phi) is 5.93. The van der Waals surface area contributed by atoms with Gasteiger partial charge in [-0.3, -0.25) is 14.6 Å². The van der Waals surface area contributed by atoms with Gasteiger partial charge in [0.05, 0.1) is 17.7 Å². The van der Waals surface area contributed by atoms with E-state index in [1.807, 2.05) is 0 Å². The van der Waals surface area contributed by atoms with Crippen LogP contribution in [-0.4, -0.2) is 60.8 Å². The van der Waals surface area contributed by atoms with Crippen molar-refractivity contribution in [1.29, 1.82) is 0 Å². The second kappa shape index (κ2) is 8.39. The van der Waals surface area contributed by atoms with Crippen molar-refractivity contribution < 1.29 is 22.7 Å². The first kappa shape index (κ1) is 19.8. The van der Waals surface area contributed by atoms with Crippen LogP contribution >= 0.6 is 0 Å². The molecule has 0 radical (unpaired) electrons. The van der Waals surface area contributed by atoms with Crippen LogP contribution in [0.2, 0.25) is 0 Å². The van der Waals surface area contributed by atoms with Crippen LogP contribution in [0.3, 0.4) is 0 Å². The second-order valence-corrected chi connectivity index (χ2v) is 8.79. The number of nitrogens with zero attached hydrogens (tertiary/aromatic N) is 2. The molecule has 1 atom stereocenters. The van der Waals surface area contributed by atoms with E-state index in [1.54, 1.807) is 55.7 Å². The highest BCUT2D eigenvalue weighted by Crippen LogP contribution is 2.20. The Bertz CT molecular complexity index is 931. The van der Waals surface area contributed by atoms with E-state index >= 15 is 0 Å². The molecule has 1 unspecified atom stereocenters. The maximum absolute atomic E-state index is 12.4. The van der Waals surface area contributed by atoms with Crippen molar-refractivity contribution in [2.45, 2.75) is 13.0 Å². The molecule has 0 bridgehead atoms. The quantitative estimate of drug-likeness (QED) is 0.805. The minimum atomic E-state index is -3.06. The smallest absolute Gasteiger partial charge is 0.251 e. The molecule has 28 heavy (non-hydrogen) atoms. The molecule has 1 aliphatic heterocycles. The summed E-state index contributed by atoms with van der Waals surface area (Å²) in [5.41, 5.74) is 0.388. The lowest BCUT2D eigenvalue weighted by atomic mass is 10.2. The highest BCUT2D eigenvalue weighted by molar-refractivity contribution is 7.91. The first-order chi connectivity index (χ1) is 13.3. The number of hydrogen-bond donors (Lipinski definition) is 1. The minimum absolute atomic E-state index is 0.0438. The Hall–Kier alpha value is -2.94. The summed E-state index contributed by atoms with van der Waals surface area (Å²) in [6.07, 6.45) is 3.23. The van der Waals surface area contributed by atoms with Gasteiger partial charge in [-0.1, -0.05) is 0 Å². The number of ether oxygens (including phenoxy) is 1. The normalized spacial score (nSPS) is 16.8. The Labute approximate surface area is 163 Å². The predicted octanol–water partition coefficient (Wildman–Crippen LogP) is 1.25. The van der Waals surface area contributed by atoms with Crippen molar-refractivity contribution in [2.24, 2.45) is 0 Å². The van der Waals surface area contributed by atoms with E-state index in [0.717, 1.165) is 0 Å². The van der Waals surface area contributed by atoms with E-state index in [0.29, 0.717) is 17.1 Å². The topological polar surface area (TPSA) is 106 Å². The molecule has 2 aromatic rings. The zero-order valence-corrected chi connectivity index (χ0v) is 16.2. The first-order valence-electron chi connectivity index (χ1n) is 8.82. The van der Waals surface area contributed by atoms with Crippen LogP contribution in [0, 0.1) is 0 Å². The Morgan fingerprint density at radius 1 is 1.11 bits per heavy atom. The number of carbonyl (C=O) groups is 2. The van der Waals surface area contributed by atoms with Crippen molar-refractivity contribution >= 4 is 21.7 Å². The van der Waals surface area contributed by atoms with Crippen LogP contribution in [0.4, 0.5) is 0 Å². The zero-order valence-electron chi connectivity index (χ0n) is 15.4. The van der Waals surface area contributed by atoms with Crippen molar-refractivity contribution in [2.75, 3.05) is 24.6 Å². The minimum Gasteiger partial charge on any atom is -0.456 e. The molecular formula is C19H21N3O5S. The molecule has 2 heterocycles. The average molecular weight is 403 g/mol. The monoisotopic (exact) mass is 403 g/mol. The third kappa shape index (κ3) is 5.07. The summed E-state index contributed by atoms with van der Waals surface area (Å²) in [5.74, 6) is 0.374. The van der Waals surface area contributed by atoms with Crippen LogP contribution < -0.4 is 10.1 Å². The molecule has 3 rings (SSSR count). The Morgan fingerprint density at radius 3 is 2.39 bits per heavy atom. The van der Waals surface area contributed by atoms with E-state index in [9.17, 15) is 18.0 Å². The molecule has 1 fully saturated rings. The lowest BCUT2D eigenvalue weighted by molar-refractivity contribution is -0.132. The maximum Gasteiger partial charge on any atom is 0.251 e. The largest absolute Gasteiger partial charge is 0.456 e. The SMILES string of the molecule is CC(NC(=O)c1ccc(Oc2cccnc2)cc1)C(=O)N1CCS(=O)(=O)CC1. The summed E-state index contributed by atoms with van der Waals surface area (Å²) in [4.78, 5) is 30.2. The fraction of sp³-hybridized carbons (Fsp3) is 0.316. The van der Waals surface area contributed by atoms with Crippen LogP contribution in [0.1, 0.15) is 17.3 Å². The van der Waals surface area contributed by atoms with Gasteiger partial charge in [0.25, 0.3) is 5.91 Å². The van der Waals surface area contributed by atoms with E-state index in [4.69, 9.17) is 4.74 Å². The first-order valence-corrected chi connectivity index (χ1v) is 10.6. The van der Waals surface area contributed by atoms with Gasteiger partial charge in [-0.25, -0.2) is 8.42 Å². The lowest BCUT2D eigenvalue weighted by Gasteiger charge is -2.29. The molecule has 1 saturated heterocycles. The van der Waals surface area contributed by atoms with E-state index in [-0.39, 0.29) is 30.5 Å². The maximum atomic E-state index is 12.4. The molecule has 1 aromatic carbocycles. The Morgan fingerprint density at radius 2 is 1.79 bits per heavy atom. The van der Waals surface area contributed by atoms with Crippen LogP contribution in [0.25, 0.3) is 0 Å². The van der Waals surface area contributed by atoms with Gasteiger partial charge in [0, 0.05) is 24.8 Å². The summed E-state index contributed by atoms with van der Waals surface area (Å²) < 4.78 is 28.6. The lowest BCUT2D eigenvalue weighted by Crippen LogP contribution is -2.51. The molecule has 8 nitrogen and oxygen atoms in total. The molecular weight excluding hydrogens is 382 g/mol. The van der Waals surface area contributed by atoms with Crippen LogP contribution in [0.5, 0.6) is 11.5 Å². The van der Waals surface area contributed by atoms with Crippen LogP contribution in [0.15, 0.2) is 48.8 Å². The number of amides is 2. The number of nitrogens with one attached hydrogen (secondary N) is 1. The summed E-state index contributed by atoms with van der Waals surface area (Å²) in [6.45, 7) is 1.90. The van der Waals surface area contributed by atoms with Gasteiger partial charge >= 0.3 is 0 Å². The number of benzene rings is 1. The van der Waals surface area contributed by atoms with Gasteiger partial charge in [-0.2, -0.15) is 0 Å². The van der Waals surface area contributed by atoms with E-state index in [1.165, 1.54) is 4.90 Å². The number of sulfone groups is 1. The predicted molar refractivity (Wildman–Crippen MR) is 103 cm³/mol. The Balaban J connectivity index is 1.56. The fourth-order valence-electron chi connectivity index (χ4n) is 2.77. The number of pyridine rings is 1. The number of rotatable bonds is 5. The average Bonchev–Trinajstić information content (AvgIpc) is 2.68. The van der Waals surface area contributed by atoms with E-state index in [2.05, 4.69) is 10.3 Å². The number of hydrogen-bond acceptors (Lipinski definition) is 6. The fourth-order valence-corrected chi connectivity index (χ4v) is 3.97. The molecule has 1 N–H and O–H groups in total. The molecule has 1 aromatic heterocycles. The van der Waals surface area contributed by atoms with Crippen molar-refractivity contribution in [3.63, 3.8) is 0 Å². The third-order valence-electron chi connectivity index (χ3n) is 4.36. The van der Waals surface area contributed by atoms with Gasteiger partial charge in [0.1, 0.15) is 17.5 Å². The highest BCUT2D eigenvalue weighted by atomic mass is 32.2. The molecule has 0 saturated carbocycles. The van der Waals surface area contributed by atoms with Gasteiger partial charge < -0.3 is 15.0 Å². The van der Waals surface area contributed by atoms with Crippen LogP contribution in [-0.2, 0) is 14.6 Å². The second-order valence-electron chi connectivity index (χ2n) is 6.49. The molecule has 0 spiro atoms. The standard InChI is InChI=1S/C19H21N3O5S/c1-14(19(24)22-9-11-28(25,26)12-10-22)21-18(23)15-4-6-16(7-5-15)27-17-3-2-8-20-13-17/h2-8,13-14H,9-12H2,1H3,(H,21,23).